The van der Waals surface area contributed by atoms with Gasteiger partial charge in [-0.2, -0.15) is 0 Å². The molecule has 0 amide bonds. The Bertz CT molecular complexity index is 425. The first-order chi connectivity index (χ1) is 9.60. The Morgan fingerprint density at radius 2 is 1.95 bits per heavy atom. The molecule has 20 heavy (non-hydrogen) atoms. The number of halogens is 1. The number of hydrogen-bond donors (Lipinski definition) is 1. The van der Waals surface area contributed by atoms with Crippen LogP contribution in [-0.4, -0.2) is 17.6 Å². The zero-order chi connectivity index (χ0) is 14.8. The molecule has 1 heterocycles. The molecule has 0 radical (unpaired) electrons. The molecule has 1 fully saturated rings. The molecule has 1 aromatic rings. The first kappa shape index (κ1) is 15.4. The average molecular weight is 278 g/mol. The minimum absolute atomic E-state index is 0.250. The standard InChI is InChI=1S/C17H27FN2/c1-5-10-19-16-12(4)15(17(16,6-2)7-3)14-9-8-13(18)11-20-14/h8-9,11-12,15-16,19H,5-7,10H2,1-4H3. The van der Waals surface area contributed by atoms with E-state index in [1.54, 1.807) is 0 Å². The number of aromatic nitrogens is 1. The Hall–Kier alpha value is -0.960. The third-order valence-corrected chi connectivity index (χ3v) is 5.29. The summed E-state index contributed by atoms with van der Waals surface area (Å²) in [6.07, 6.45) is 4.79. The summed E-state index contributed by atoms with van der Waals surface area (Å²) in [6, 6.07) is 3.96. The van der Waals surface area contributed by atoms with Gasteiger partial charge in [0.1, 0.15) is 5.82 Å². The van der Waals surface area contributed by atoms with Crippen LogP contribution in [-0.2, 0) is 0 Å². The molecule has 1 saturated carbocycles. The SMILES string of the molecule is CCCNC1C(C)C(c2ccc(F)cn2)C1(CC)CC. The number of rotatable bonds is 6. The second-order valence-corrected chi connectivity index (χ2v) is 6.11. The highest BCUT2D eigenvalue weighted by Crippen LogP contribution is 2.60. The van der Waals surface area contributed by atoms with E-state index in [2.05, 4.69) is 38.0 Å². The monoisotopic (exact) mass is 278 g/mol. The van der Waals surface area contributed by atoms with E-state index in [1.165, 1.54) is 12.3 Å². The third-order valence-electron chi connectivity index (χ3n) is 5.29. The Labute approximate surface area is 122 Å². The molecule has 3 unspecified atom stereocenters. The van der Waals surface area contributed by atoms with Gasteiger partial charge in [-0.25, -0.2) is 4.39 Å². The van der Waals surface area contributed by atoms with Crippen LogP contribution >= 0.6 is 0 Å². The molecule has 0 bridgehead atoms. The van der Waals surface area contributed by atoms with Crippen LogP contribution in [0.1, 0.15) is 58.6 Å². The van der Waals surface area contributed by atoms with Crippen molar-refractivity contribution in [3.05, 3.63) is 29.8 Å². The van der Waals surface area contributed by atoms with Crippen molar-refractivity contribution in [2.75, 3.05) is 6.54 Å². The predicted octanol–water partition coefficient (Wildman–Crippen LogP) is 4.13. The molecule has 2 nitrogen and oxygen atoms in total. The van der Waals surface area contributed by atoms with Crippen LogP contribution in [0.25, 0.3) is 0 Å². The summed E-state index contributed by atoms with van der Waals surface area (Å²) < 4.78 is 13.1. The van der Waals surface area contributed by atoms with E-state index >= 15 is 0 Å². The number of pyridine rings is 1. The van der Waals surface area contributed by atoms with Gasteiger partial charge >= 0.3 is 0 Å². The first-order valence-electron chi connectivity index (χ1n) is 7.95. The maximum absolute atomic E-state index is 13.1. The summed E-state index contributed by atoms with van der Waals surface area (Å²) in [7, 11) is 0. The van der Waals surface area contributed by atoms with Crippen LogP contribution in [0.5, 0.6) is 0 Å². The lowest BCUT2D eigenvalue weighted by molar-refractivity contribution is -0.0414. The van der Waals surface area contributed by atoms with Gasteiger partial charge < -0.3 is 5.32 Å². The number of nitrogens with zero attached hydrogens (tertiary/aromatic N) is 1. The summed E-state index contributed by atoms with van der Waals surface area (Å²) in [6.45, 7) is 10.1. The summed E-state index contributed by atoms with van der Waals surface area (Å²) in [5, 5.41) is 3.72. The molecule has 1 aliphatic rings. The minimum Gasteiger partial charge on any atom is -0.313 e. The molecule has 112 valence electrons. The van der Waals surface area contributed by atoms with Gasteiger partial charge in [0.05, 0.1) is 6.20 Å². The molecule has 0 spiro atoms. The lowest BCUT2D eigenvalue weighted by atomic mass is 9.47. The Balaban J connectivity index is 2.26. The minimum atomic E-state index is -0.250. The molecule has 1 aromatic heterocycles. The van der Waals surface area contributed by atoms with E-state index in [1.807, 2.05) is 6.07 Å². The van der Waals surface area contributed by atoms with Gasteiger partial charge in [-0.05, 0) is 49.3 Å². The van der Waals surface area contributed by atoms with Crippen LogP contribution in [0.4, 0.5) is 4.39 Å². The molecule has 1 N–H and O–H groups in total. The normalized spacial score (nSPS) is 28.1. The van der Waals surface area contributed by atoms with Crippen molar-refractivity contribution in [1.82, 2.24) is 10.3 Å². The fourth-order valence-electron chi connectivity index (χ4n) is 4.27. The number of hydrogen-bond acceptors (Lipinski definition) is 2. The first-order valence-corrected chi connectivity index (χ1v) is 7.95. The second kappa shape index (κ2) is 6.21. The van der Waals surface area contributed by atoms with Crippen LogP contribution in [0.15, 0.2) is 18.3 Å². The summed E-state index contributed by atoms with van der Waals surface area (Å²) >= 11 is 0. The maximum atomic E-state index is 13.1. The molecule has 0 saturated heterocycles. The largest absolute Gasteiger partial charge is 0.313 e. The molecule has 2 rings (SSSR count). The van der Waals surface area contributed by atoms with Crippen LogP contribution < -0.4 is 5.32 Å². The second-order valence-electron chi connectivity index (χ2n) is 6.11. The smallest absolute Gasteiger partial charge is 0.141 e. The lowest BCUT2D eigenvalue weighted by Gasteiger charge is -2.61. The van der Waals surface area contributed by atoms with Gasteiger partial charge in [0.15, 0.2) is 0 Å². The van der Waals surface area contributed by atoms with E-state index in [-0.39, 0.29) is 11.2 Å². The van der Waals surface area contributed by atoms with Crippen LogP contribution in [0.2, 0.25) is 0 Å². The quantitative estimate of drug-likeness (QED) is 0.846. The maximum Gasteiger partial charge on any atom is 0.141 e. The van der Waals surface area contributed by atoms with E-state index in [0.717, 1.165) is 31.5 Å². The van der Waals surface area contributed by atoms with Gasteiger partial charge in [-0.3, -0.25) is 4.98 Å². The van der Waals surface area contributed by atoms with Crippen LogP contribution in [0, 0.1) is 17.2 Å². The van der Waals surface area contributed by atoms with E-state index < -0.39 is 0 Å². The van der Waals surface area contributed by atoms with E-state index in [9.17, 15) is 4.39 Å². The van der Waals surface area contributed by atoms with Crippen molar-refractivity contribution in [1.29, 1.82) is 0 Å². The molecule has 3 heteroatoms. The fraction of sp³-hybridized carbons (Fsp3) is 0.706. The summed E-state index contributed by atoms with van der Waals surface area (Å²) in [4.78, 5) is 4.35. The molecule has 3 atom stereocenters. The van der Waals surface area contributed by atoms with Crippen molar-refractivity contribution in [2.45, 2.75) is 58.9 Å². The molecule has 0 aromatic carbocycles. The lowest BCUT2D eigenvalue weighted by Crippen LogP contribution is -2.64. The van der Waals surface area contributed by atoms with Crippen molar-refractivity contribution >= 4 is 0 Å². The number of nitrogens with one attached hydrogen (secondary N) is 1. The highest BCUT2D eigenvalue weighted by molar-refractivity contribution is 5.25. The Morgan fingerprint density at radius 3 is 2.45 bits per heavy atom. The molecular weight excluding hydrogens is 251 g/mol. The van der Waals surface area contributed by atoms with Crippen molar-refractivity contribution in [3.8, 4) is 0 Å². The van der Waals surface area contributed by atoms with Gasteiger partial charge in [0, 0.05) is 17.7 Å². The van der Waals surface area contributed by atoms with Crippen molar-refractivity contribution < 1.29 is 4.39 Å². The highest BCUT2D eigenvalue weighted by atomic mass is 19.1. The topological polar surface area (TPSA) is 24.9 Å². The third kappa shape index (κ3) is 2.37. The average Bonchev–Trinajstić information content (AvgIpc) is 2.46. The zero-order valence-corrected chi connectivity index (χ0v) is 13.1. The van der Waals surface area contributed by atoms with Gasteiger partial charge in [-0.15, -0.1) is 0 Å². The van der Waals surface area contributed by atoms with E-state index in [0.29, 0.717) is 17.9 Å². The van der Waals surface area contributed by atoms with Crippen molar-refractivity contribution in [3.63, 3.8) is 0 Å². The Morgan fingerprint density at radius 1 is 1.25 bits per heavy atom. The van der Waals surface area contributed by atoms with E-state index in [4.69, 9.17) is 0 Å². The molecule has 1 aliphatic carbocycles. The van der Waals surface area contributed by atoms with Gasteiger partial charge in [-0.1, -0.05) is 27.7 Å². The molecular formula is C17H27FN2. The Kier molecular flexibility index (Phi) is 4.79. The predicted molar refractivity (Wildman–Crippen MR) is 81.2 cm³/mol. The molecule has 0 aliphatic heterocycles. The zero-order valence-electron chi connectivity index (χ0n) is 13.1. The summed E-state index contributed by atoms with van der Waals surface area (Å²) in [5.41, 5.74) is 1.32. The van der Waals surface area contributed by atoms with Gasteiger partial charge in [0.25, 0.3) is 0 Å². The summed E-state index contributed by atoms with van der Waals surface area (Å²) in [5.74, 6) is 0.742. The highest BCUT2D eigenvalue weighted by Gasteiger charge is 2.58. The fourth-order valence-corrected chi connectivity index (χ4v) is 4.27. The van der Waals surface area contributed by atoms with Gasteiger partial charge in [0.2, 0.25) is 0 Å². The van der Waals surface area contributed by atoms with Crippen LogP contribution in [0.3, 0.4) is 0 Å². The van der Waals surface area contributed by atoms with Crippen molar-refractivity contribution in [2.24, 2.45) is 11.3 Å².